The molecule has 134 valence electrons. The van der Waals surface area contributed by atoms with E-state index in [0.717, 1.165) is 17.8 Å². The Hall–Kier alpha value is -2.50. The lowest BCUT2D eigenvalue weighted by Gasteiger charge is -2.33. The number of hydrogen-bond donors (Lipinski definition) is 1. The van der Waals surface area contributed by atoms with Crippen LogP contribution in [0.1, 0.15) is 31.0 Å². The van der Waals surface area contributed by atoms with E-state index in [1.54, 1.807) is 13.8 Å². The highest BCUT2D eigenvalue weighted by Gasteiger charge is 2.39. The van der Waals surface area contributed by atoms with Crippen molar-refractivity contribution in [2.24, 2.45) is 5.41 Å². The Balaban J connectivity index is 2.42. The van der Waals surface area contributed by atoms with E-state index in [1.165, 1.54) is 19.2 Å². The third-order valence-corrected chi connectivity index (χ3v) is 4.09. The first kappa shape index (κ1) is 18.8. The topological polar surface area (TPSA) is 38.3 Å². The van der Waals surface area contributed by atoms with Gasteiger partial charge in [-0.05, 0) is 43.7 Å². The number of carbonyl (C=O) groups is 1. The van der Waals surface area contributed by atoms with Crippen molar-refractivity contribution in [2.45, 2.75) is 26.1 Å². The zero-order valence-electron chi connectivity index (χ0n) is 14.2. The van der Waals surface area contributed by atoms with E-state index in [0.29, 0.717) is 5.56 Å². The average Bonchev–Trinajstić information content (AvgIpc) is 2.59. The number of hydrogen-bond acceptors (Lipinski definition) is 3. The van der Waals surface area contributed by atoms with Crippen LogP contribution in [0, 0.1) is 5.41 Å². The molecule has 2 aromatic rings. The van der Waals surface area contributed by atoms with E-state index in [1.807, 2.05) is 30.3 Å². The van der Waals surface area contributed by atoms with Crippen LogP contribution in [0.25, 0.3) is 0 Å². The first-order valence-corrected chi connectivity index (χ1v) is 7.73. The van der Waals surface area contributed by atoms with Gasteiger partial charge in [-0.25, -0.2) is 0 Å². The minimum atomic E-state index is -4.40. The van der Waals surface area contributed by atoms with E-state index >= 15 is 0 Å². The molecule has 0 aliphatic heterocycles. The molecule has 0 heterocycles. The maximum atomic E-state index is 12.8. The first-order valence-electron chi connectivity index (χ1n) is 7.73. The van der Waals surface area contributed by atoms with Gasteiger partial charge in [-0.3, -0.25) is 4.79 Å². The molecule has 0 saturated heterocycles. The van der Waals surface area contributed by atoms with Crippen LogP contribution in [0.15, 0.2) is 54.6 Å². The molecule has 6 heteroatoms. The summed E-state index contributed by atoms with van der Waals surface area (Å²) >= 11 is 0. The highest BCUT2D eigenvalue weighted by atomic mass is 19.4. The van der Waals surface area contributed by atoms with Gasteiger partial charge >= 0.3 is 12.1 Å². The van der Waals surface area contributed by atoms with Gasteiger partial charge in [0.2, 0.25) is 0 Å². The second-order valence-electron chi connectivity index (χ2n) is 6.28. The molecule has 0 fully saturated rings. The molecular formula is C19H20F3NO2. The summed E-state index contributed by atoms with van der Waals surface area (Å²) in [6.07, 6.45) is -4.40. The van der Waals surface area contributed by atoms with Crippen molar-refractivity contribution in [3.05, 3.63) is 65.7 Å². The maximum absolute atomic E-state index is 12.8. The highest BCUT2D eigenvalue weighted by molar-refractivity contribution is 5.78. The Labute approximate surface area is 144 Å². The van der Waals surface area contributed by atoms with Crippen molar-refractivity contribution in [1.82, 2.24) is 0 Å². The van der Waals surface area contributed by atoms with E-state index in [2.05, 4.69) is 5.32 Å². The molecule has 0 radical (unpaired) electrons. The number of methoxy groups -OCH3 is 1. The van der Waals surface area contributed by atoms with Crippen molar-refractivity contribution in [2.75, 3.05) is 12.4 Å². The second-order valence-corrected chi connectivity index (χ2v) is 6.28. The molecule has 2 rings (SSSR count). The number of benzene rings is 2. The summed E-state index contributed by atoms with van der Waals surface area (Å²) < 4.78 is 43.3. The van der Waals surface area contributed by atoms with Gasteiger partial charge < -0.3 is 10.1 Å². The minimum absolute atomic E-state index is 0.458. The van der Waals surface area contributed by atoms with Gasteiger partial charge in [-0.2, -0.15) is 13.2 Å². The SMILES string of the molecule is COC(=O)C(C)(C)C(Nc1ccccc1)c1ccc(C(F)(F)F)cc1. The summed E-state index contributed by atoms with van der Waals surface area (Å²) in [5.41, 5.74) is -0.410. The van der Waals surface area contributed by atoms with Crippen LogP contribution in [0.3, 0.4) is 0 Å². The fourth-order valence-corrected chi connectivity index (χ4v) is 2.63. The molecular weight excluding hydrogens is 331 g/mol. The molecule has 2 aromatic carbocycles. The standard InChI is InChI=1S/C19H20F3NO2/c1-18(2,17(24)25-3)16(23-15-7-5-4-6-8-15)13-9-11-14(12-10-13)19(20,21)22/h4-12,16,23H,1-3H3. The minimum Gasteiger partial charge on any atom is -0.469 e. The maximum Gasteiger partial charge on any atom is 0.416 e. The van der Waals surface area contributed by atoms with Crippen molar-refractivity contribution in [3.8, 4) is 0 Å². The van der Waals surface area contributed by atoms with Crippen LogP contribution in [0.5, 0.6) is 0 Å². The summed E-state index contributed by atoms with van der Waals surface area (Å²) in [5, 5.41) is 3.23. The molecule has 0 spiro atoms. The van der Waals surface area contributed by atoms with Crippen LogP contribution in [-0.2, 0) is 15.7 Å². The Morgan fingerprint density at radius 3 is 2.04 bits per heavy atom. The number of rotatable bonds is 5. The fourth-order valence-electron chi connectivity index (χ4n) is 2.63. The number of ether oxygens (including phenoxy) is 1. The summed E-state index contributed by atoms with van der Waals surface area (Å²) in [6.45, 7) is 3.38. The summed E-state index contributed by atoms with van der Waals surface area (Å²) in [5.74, 6) is -0.458. The molecule has 0 aliphatic rings. The molecule has 0 bridgehead atoms. The predicted molar refractivity (Wildman–Crippen MR) is 90.0 cm³/mol. The van der Waals surface area contributed by atoms with Crippen LogP contribution in [-0.4, -0.2) is 13.1 Å². The van der Waals surface area contributed by atoms with Gasteiger partial charge in [0.15, 0.2) is 0 Å². The van der Waals surface area contributed by atoms with Gasteiger partial charge in [0.05, 0.1) is 24.1 Å². The number of halogens is 3. The van der Waals surface area contributed by atoms with Crippen LogP contribution in [0.2, 0.25) is 0 Å². The fraction of sp³-hybridized carbons (Fsp3) is 0.316. The quantitative estimate of drug-likeness (QED) is 0.766. The van der Waals surface area contributed by atoms with Gasteiger partial charge in [0.1, 0.15) is 0 Å². The van der Waals surface area contributed by atoms with E-state index < -0.39 is 29.2 Å². The Morgan fingerprint density at radius 1 is 1.00 bits per heavy atom. The zero-order chi connectivity index (χ0) is 18.7. The third-order valence-electron chi connectivity index (χ3n) is 4.09. The molecule has 1 N–H and O–H groups in total. The predicted octanol–water partition coefficient (Wildman–Crippen LogP) is 5.06. The normalized spacial score (nSPS) is 13.2. The monoisotopic (exact) mass is 351 g/mol. The first-order chi connectivity index (χ1) is 11.7. The smallest absolute Gasteiger partial charge is 0.416 e. The summed E-state index contributed by atoms with van der Waals surface area (Å²) in [7, 11) is 1.29. The Morgan fingerprint density at radius 2 is 1.56 bits per heavy atom. The molecule has 0 amide bonds. The Bertz CT molecular complexity index is 710. The molecule has 25 heavy (non-hydrogen) atoms. The largest absolute Gasteiger partial charge is 0.469 e. The number of anilines is 1. The number of alkyl halides is 3. The molecule has 3 nitrogen and oxygen atoms in total. The lowest BCUT2D eigenvalue weighted by molar-refractivity contribution is -0.151. The third kappa shape index (κ3) is 4.32. The number of para-hydroxylation sites is 1. The zero-order valence-corrected chi connectivity index (χ0v) is 14.2. The molecule has 1 unspecified atom stereocenters. The summed E-state index contributed by atoms with van der Waals surface area (Å²) in [6, 6.07) is 13.4. The van der Waals surface area contributed by atoms with Crippen LogP contribution in [0.4, 0.5) is 18.9 Å². The van der Waals surface area contributed by atoms with Gasteiger partial charge in [-0.1, -0.05) is 30.3 Å². The van der Waals surface area contributed by atoms with Crippen LogP contribution >= 0.6 is 0 Å². The van der Waals surface area contributed by atoms with Crippen LogP contribution < -0.4 is 5.32 Å². The number of carbonyl (C=O) groups excluding carboxylic acids is 1. The van der Waals surface area contributed by atoms with Crippen molar-refractivity contribution >= 4 is 11.7 Å². The lowest BCUT2D eigenvalue weighted by Crippen LogP contribution is -2.36. The van der Waals surface area contributed by atoms with Crippen molar-refractivity contribution < 1.29 is 22.7 Å². The average molecular weight is 351 g/mol. The van der Waals surface area contributed by atoms with Gasteiger partial charge in [0.25, 0.3) is 0 Å². The van der Waals surface area contributed by atoms with E-state index in [-0.39, 0.29) is 0 Å². The van der Waals surface area contributed by atoms with E-state index in [9.17, 15) is 18.0 Å². The molecule has 0 saturated carbocycles. The summed E-state index contributed by atoms with van der Waals surface area (Å²) in [4.78, 5) is 12.2. The van der Waals surface area contributed by atoms with Gasteiger partial charge in [0, 0.05) is 5.69 Å². The molecule has 1 atom stereocenters. The van der Waals surface area contributed by atoms with Crippen molar-refractivity contribution in [1.29, 1.82) is 0 Å². The lowest BCUT2D eigenvalue weighted by atomic mass is 9.80. The number of esters is 1. The van der Waals surface area contributed by atoms with Gasteiger partial charge in [-0.15, -0.1) is 0 Å². The number of nitrogens with one attached hydrogen (secondary N) is 1. The van der Waals surface area contributed by atoms with E-state index in [4.69, 9.17) is 4.74 Å². The Kier molecular flexibility index (Phi) is 5.40. The molecule has 0 aliphatic carbocycles. The molecule has 0 aromatic heterocycles. The highest BCUT2D eigenvalue weighted by Crippen LogP contribution is 2.38. The van der Waals surface area contributed by atoms with Crippen molar-refractivity contribution in [3.63, 3.8) is 0 Å². The second kappa shape index (κ2) is 7.17.